The van der Waals surface area contributed by atoms with Gasteiger partial charge in [-0.15, -0.1) is 0 Å². The second kappa shape index (κ2) is 7.14. The van der Waals surface area contributed by atoms with E-state index >= 15 is 0 Å². The van der Waals surface area contributed by atoms with Crippen molar-refractivity contribution >= 4 is 11.0 Å². The third-order valence-electron chi connectivity index (χ3n) is 7.15. The molecule has 0 spiro atoms. The molecule has 0 N–H and O–H groups in total. The minimum absolute atomic E-state index is 0.892. The van der Waals surface area contributed by atoms with Gasteiger partial charge in [0.2, 0.25) is 0 Å². The van der Waals surface area contributed by atoms with E-state index in [2.05, 4.69) is 111 Å². The van der Waals surface area contributed by atoms with Crippen molar-refractivity contribution < 1.29 is 4.57 Å². The Morgan fingerprint density at radius 3 is 2.24 bits per heavy atom. The zero-order valence-corrected chi connectivity index (χ0v) is 19.9. The number of imidazole rings is 1. The highest BCUT2D eigenvalue weighted by Gasteiger charge is 2.34. The number of benzene rings is 3. The molecule has 33 heavy (non-hydrogen) atoms. The Kier molecular flexibility index (Phi) is 4.31. The van der Waals surface area contributed by atoms with Crippen LogP contribution in [0.4, 0.5) is 0 Å². The predicted molar refractivity (Wildman–Crippen MR) is 135 cm³/mol. The van der Waals surface area contributed by atoms with Crippen molar-refractivity contribution in [1.82, 2.24) is 9.55 Å². The van der Waals surface area contributed by atoms with Gasteiger partial charge in [-0.25, -0.2) is 4.57 Å². The number of aryl methyl sites for hydroxylation is 5. The van der Waals surface area contributed by atoms with E-state index in [-0.39, 0.29) is 0 Å². The van der Waals surface area contributed by atoms with E-state index in [9.17, 15) is 0 Å². The fourth-order valence-electron chi connectivity index (χ4n) is 5.59. The van der Waals surface area contributed by atoms with Crippen molar-refractivity contribution in [3.05, 3.63) is 100 Å². The average Bonchev–Trinajstić information content (AvgIpc) is 3.29. The van der Waals surface area contributed by atoms with Crippen molar-refractivity contribution in [2.24, 2.45) is 7.05 Å². The molecule has 6 rings (SSSR count). The van der Waals surface area contributed by atoms with Crippen LogP contribution >= 0.6 is 0 Å². The van der Waals surface area contributed by atoms with Crippen LogP contribution < -0.4 is 4.57 Å². The van der Waals surface area contributed by atoms with Gasteiger partial charge in [0.05, 0.1) is 18.3 Å². The maximum Gasteiger partial charge on any atom is 0.295 e. The van der Waals surface area contributed by atoms with Crippen molar-refractivity contribution in [2.45, 2.75) is 34.1 Å². The number of fused-ring (bicyclic) bond motifs is 5. The molecule has 162 valence electrons. The minimum atomic E-state index is 0.892. The minimum Gasteiger partial charge on any atom is -0.257 e. The van der Waals surface area contributed by atoms with E-state index in [0.29, 0.717) is 0 Å². The summed E-state index contributed by atoms with van der Waals surface area (Å²) in [5.41, 5.74) is 15.1. The normalized spacial score (nSPS) is 12.3. The third kappa shape index (κ3) is 2.82. The summed E-state index contributed by atoms with van der Waals surface area (Å²) in [5, 5.41) is 0. The van der Waals surface area contributed by atoms with Gasteiger partial charge in [0.15, 0.2) is 11.0 Å². The summed E-state index contributed by atoms with van der Waals surface area (Å²) < 4.78 is 4.87. The molecule has 3 aromatic carbocycles. The van der Waals surface area contributed by atoms with Gasteiger partial charge < -0.3 is 0 Å². The largest absolute Gasteiger partial charge is 0.295 e. The van der Waals surface area contributed by atoms with Crippen LogP contribution in [0, 0.1) is 27.7 Å². The zero-order chi connectivity index (χ0) is 22.9. The van der Waals surface area contributed by atoms with Crippen molar-refractivity contribution in [3.8, 4) is 28.2 Å². The van der Waals surface area contributed by atoms with Crippen molar-refractivity contribution in [3.63, 3.8) is 0 Å². The second-order valence-corrected chi connectivity index (χ2v) is 9.36. The van der Waals surface area contributed by atoms with Gasteiger partial charge in [-0.05, 0) is 68.1 Å². The summed E-state index contributed by atoms with van der Waals surface area (Å²) in [4.78, 5) is 4.90. The van der Waals surface area contributed by atoms with E-state index in [4.69, 9.17) is 4.98 Å². The van der Waals surface area contributed by atoms with Gasteiger partial charge in [-0.3, -0.25) is 4.98 Å². The lowest BCUT2D eigenvalue weighted by atomic mass is 10.0. The molecule has 0 bridgehead atoms. The summed E-state index contributed by atoms with van der Waals surface area (Å²) in [7, 11) is 2.20. The summed E-state index contributed by atoms with van der Waals surface area (Å²) in [6.07, 6.45) is 0.892. The Morgan fingerprint density at radius 2 is 1.48 bits per heavy atom. The fraction of sp³-hybridized carbons (Fsp3) is 0.200. The number of aromatic nitrogens is 3. The molecule has 3 heteroatoms. The summed E-state index contributed by atoms with van der Waals surface area (Å²) in [6, 6.07) is 24.3. The first-order chi connectivity index (χ1) is 16.0. The molecule has 0 saturated heterocycles. The number of hydrogen-bond acceptors (Lipinski definition) is 1. The van der Waals surface area contributed by atoms with Crippen LogP contribution in [0.15, 0.2) is 66.7 Å². The molecule has 0 saturated carbocycles. The lowest BCUT2D eigenvalue weighted by Crippen LogP contribution is -2.35. The second-order valence-electron chi connectivity index (χ2n) is 9.36. The zero-order valence-electron chi connectivity index (χ0n) is 19.9. The standard InChI is InChI=1S/C30H28N3/c1-18-9-6-7-12-23(18)30-32(5)26-16-14-22-17-25-24(15-13-21(4)31-25)27(22)29(26)33(30)28-19(2)10-8-11-20(28)3/h6-16H,17H2,1-5H3/q+1. The van der Waals surface area contributed by atoms with Gasteiger partial charge in [0, 0.05) is 23.2 Å². The van der Waals surface area contributed by atoms with Gasteiger partial charge in [-0.1, -0.05) is 48.5 Å². The van der Waals surface area contributed by atoms with Crippen LogP contribution in [0.3, 0.4) is 0 Å². The van der Waals surface area contributed by atoms with E-state index in [0.717, 1.165) is 12.1 Å². The smallest absolute Gasteiger partial charge is 0.257 e. The molecular formula is C30H28N3+. The van der Waals surface area contributed by atoms with Crippen molar-refractivity contribution in [2.75, 3.05) is 0 Å². The van der Waals surface area contributed by atoms with Crippen LogP contribution in [-0.2, 0) is 13.5 Å². The Hall–Kier alpha value is -3.72. The summed E-state index contributed by atoms with van der Waals surface area (Å²) in [6.45, 7) is 8.72. The molecule has 0 amide bonds. The molecular weight excluding hydrogens is 402 g/mol. The molecule has 0 unspecified atom stereocenters. The Balaban J connectivity index is 1.84. The molecule has 0 radical (unpaired) electrons. The van der Waals surface area contributed by atoms with E-state index in [1.54, 1.807) is 0 Å². The maximum absolute atomic E-state index is 4.90. The molecule has 1 aliphatic rings. The lowest BCUT2D eigenvalue weighted by molar-refractivity contribution is -0.556. The van der Waals surface area contributed by atoms with Gasteiger partial charge >= 0.3 is 0 Å². The molecule has 2 heterocycles. The molecule has 0 fully saturated rings. The Labute approximate surface area is 195 Å². The van der Waals surface area contributed by atoms with Gasteiger partial charge in [0.25, 0.3) is 5.82 Å². The average molecular weight is 431 g/mol. The first-order valence-electron chi connectivity index (χ1n) is 11.6. The van der Waals surface area contributed by atoms with E-state index in [1.165, 1.54) is 67.2 Å². The van der Waals surface area contributed by atoms with E-state index in [1.807, 2.05) is 0 Å². The number of pyridine rings is 1. The molecule has 2 aromatic heterocycles. The summed E-state index contributed by atoms with van der Waals surface area (Å²) >= 11 is 0. The number of hydrogen-bond donors (Lipinski definition) is 0. The highest BCUT2D eigenvalue weighted by atomic mass is 15.2. The van der Waals surface area contributed by atoms with Crippen molar-refractivity contribution in [1.29, 1.82) is 0 Å². The molecule has 0 atom stereocenters. The van der Waals surface area contributed by atoms with Crippen LogP contribution in [0.2, 0.25) is 0 Å². The first-order valence-corrected chi connectivity index (χ1v) is 11.6. The van der Waals surface area contributed by atoms with Crippen LogP contribution in [0.25, 0.3) is 39.2 Å². The Morgan fingerprint density at radius 1 is 0.758 bits per heavy atom. The molecule has 5 aromatic rings. The SMILES string of the molecule is Cc1ccc2c(n1)Cc1ccc3c(c1-2)[n+](-c1c(C)cccc1C)c(-c1ccccc1C)n3C. The molecule has 3 nitrogen and oxygen atoms in total. The van der Waals surface area contributed by atoms with E-state index < -0.39 is 0 Å². The summed E-state index contributed by atoms with van der Waals surface area (Å²) in [5.74, 6) is 1.21. The maximum atomic E-state index is 4.90. The van der Waals surface area contributed by atoms with Crippen LogP contribution in [0.5, 0.6) is 0 Å². The number of para-hydroxylation sites is 1. The third-order valence-corrected chi connectivity index (χ3v) is 7.15. The number of rotatable bonds is 2. The van der Waals surface area contributed by atoms with Gasteiger partial charge in [0.1, 0.15) is 5.69 Å². The first kappa shape index (κ1) is 19.9. The quantitative estimate of drug-likeness (QED) is 0.295. The number of nitrogens with zero attached hydrogens (tertiary/aromatic N) is 3. The fourth-order valence-corrected chi connectivity index (χ4v) is 5.59. The van der Waals surface area contributed by atoms with Crippen LogP contribution in [-0.4, -0.2) is 9.55 Å². The monoisotopic (exact) mass is 430 g/mol. The lowest BCUT2D eigenvalue weighted by Gasteiger charge is -2.12. The predicted octanol–water partition coefficient (Wildman–Crippen LogP) is 6.32. The van der Waals surface area contributed by atoms with Crippen LogP contribution in [0.1, 0.15) is 33.6 Å². The highest BCUT2D eigenvalue weighted by molar-refractivity contribution is 5.96. The molecule has 0 aliphatic heterocycles. The highest BCUT2D eigenvalue weighted by Crippen LogP contribution is 2.41. The molecule has 1 aliphatic carbocycles. The Bertz CT molecular complexity index is 1570. The van der Waals surface area contributed by atoms with Gasteiger partial charge in [-0.2, -0.15) is 4.57 Å². The topological polar surface area (TPSA) is 21.7 Å².